The normalized spacial score (nSPS) is 12.2. The molecule has 0 aliphatic rings. The molecule has 0 aliphatic heterocycles. The lowest BCUT2D eigenvalue weighted by Crippen LogP contribution is -2.17. The second-order valence-corrected chi connectivity index (χ2v) is 5.78. The lowest BCUT2D eigenvalue weighted by atomic mass is 10.2. The molecule has 2 rings (SSSR count). The van der Waals surface area contributed by atoms with Crippen LogP contribution in [-0.2, 0) is 6.54 Å². The Kier molecular flexibility index (Phi) is 4.54. The van der Waals surface area contributed by atoms with Crippen LogP contribution in [0.5, 0.6) is 0 Å². The molecule has 1 atom stereocenters. The monoisotopic (exact) mass is 310 g/mol. The minimum atomic E-state index is -0.774. The van der Waals surface area contributed by atoms with Crippen LogP contribution in [-0.4, -0.2) is 17.1 Å². The van der Waals surface area contributed by atoms with Crippen LogP contribution >= 0.6 is 11.3 Å². The topological polar surface area (TPSA) is 66.6 Å². The standard InChI is InChI=1S/C14H15FN2O3S/c1-9(18)13-7-12(17(19)20)14(21-13)16(2)8-10-5-3-4-6-11(10)15/h3-7,9,18H,8H2,1-2H3. The van der Waals surface area contributed by atoms with Crippen molar-refractivity contribution in [2.24, 2.45) is 0 Å². The van der Waals surface area contributed by atoms with Gasteiger partial charge >= 0.3 is 5.69 Å². The Morgan fingerprint density at radius 2 is 2.14 bits per heavy atom. The lowest BCUT2D eigenvalue weighted by molar-refractivity contribution is -0.383. The van der Waals surface area contributed by atoms with Crippen LogP contribution < -0.4 is 4.90 Å². The van der Waals surface area contributed by atoms with E-state index in [2.05, 4.69) is 0 Å². The molecule has 112 valence electrons. The molecule has 0 radical (unpaired) electrons. The molecule has 0 fully saturated rings. The predicted octanol–water partition coefficient (Wildman–Crippen LogP) is 3.49. The first-order valence-corrected chi connectivity index (χ1v) is 7.12. The second-order valence-electron chi connectivity index (χ2n) is 4.72. The maximum absolute atomic E-state index is 13.7. The first kappa shape index (κ1) is 15.4. The summed E-state index contributed by atoms with van der Waals surface area (Å²) in [4.78, 5) is 12.8. The number of thiophene rings is 1. The Morgan fingerprint density at radius 1 is 1.48 bits per heavy atom. The van der Waals surface area contributed by atoms with E-state index >= 15 is 0 Å². The van der Waals surface area contributed by atoms with Crippen LogP contribution in [0.15, 0.2) is 30.3 Å². The van der Waals surface area contributed by atoms with E-state index in [4.69, 9.17) is 0 Å². The van der Waals surface area contributed by atoms with Gasteiger partial charge in [-0.2, -0.15) is 0 Å². The SMILES string of the molecule is CC(O)c1cc([N+](=O)[O-])c(N(C)Cc2ccccc2F)s1. The summed E-state index contributed by atoms with van der Waals surface area (Å²) in [5.41, 5.74) is 0.385. The molecule has 0 amide bonds. The Hall–Kier alpha value is -1.99. The van der Waals surface area contributed by atoms with Crippen molar-refractivity contribution in [2.45, 2.75) is 19.6 Å². The van der Waals surface area contributed by atoms with Gasteiger partial charge in [-0.15, -0.1) is 11.3 Å². The number of nitro groups is 1. The molecule has 1 N–H and O–H groups in total. The van der Waals surface area contributed by atoms with E-state index in [1.54, 1.807) is 37.1 Å². The van der Waals surface area contributed by atoms with Crippen molar-refractivity contribution >= 4 is 22.0 Å². The van der Waals surface area contributed by atoms with Gasteiger partial charge in [0.1, 0.15) is 5.82 Å². The summed E-state index contributed by atoms with van der Waals surface area (Å²) in [5.74, 6) is -0.348. The number of benzene rings is 1. The van der Waals surface area contributed by atoms with Crippen molar-refractivity contribution in [3.05, 3.63) is 56.7 Å². The van der Waals surface area contributed by atoms with E-state index in [0.29, 0.717) is 15.4 Å². The molecule has 0 saturated heterocycles. The Bertz CT molecular complexity index is 657. The minimum absolute atomic E-state index is 0.0743. The van der Waals surface area contributed by atoms with Crippen LogP contribution in [0.2, 0.25) is 0 Å². The van der Waals surface area contributed by atoms with Crippen LogP contribution in [0.1, 0.15) is 23.5 Å². The Labute approximate surface area is 125 Å². The molecule has 1 aromatic carbocycles. The predicted molar refractivity (Wildman–Crippen MR) is 80.1 cm³/mol. The average molecular weight is 310 g/mol. The molecule has 0 saturated carbocycles. The van der Waals surface area contributed by atoms with Crippen LogP contribution in [0, 0.1) is 15.9 Å². The van der Waals surface area contributed by atoms with Crippen LogP contribution in [0.3, 0.4) is 0 Å². The molecular weight excluding hydrogens is 295 g/mol. The summed E-state index contributed by atoms with van der Waals surface area (Å²) in [5, 5.41) is 21.1. The molecule has 7 heteroatoms. The number of aliphatic hydroxyl groups is 1. The second kappa shape index (κ2) is 6.19. The Morgan fingerprint density at radius 3 is 2.71 bits per heavy atom. The first-order chi connectivity index (χ1) is 9.90. The van der Waals surface area contributed by atoms with Crippen LogP contribution in [0.25, 0.3) is 0 Å². The maximum atomic E-state index is 13.7. The molecule has 1 aromatic heterocycles. The molecule has 5 nitrogen and oxygen atoms in total. The van der Waals surface area contributed by atoms with Gasteiger partial charge in [-0.05, 0) is 13.0 Å². The molecule has 0 bridgehead atoms. The zero-order chi connectivity index (χ0) is 15.6. The van der Waals surface area contributed by atoms with E-state index < -0.39 is 11.0 Å². The fraction of sp³-hybridized carbons (Fsp3) is 0.286. The third-order valence-corrected chi connectivity index (χ3v) is 4.44. The molecule has 2 aromatic rings. The fourth-order valence-corrected chi connectivity index (χ4v) is 2.98. The zero-order valence-electron chi connectivity index (χ0n) is 11.6. The number of hydrogen-bond acceptors (Lipinski definition) is 5. The lowest BCUT2D eigenvalue weighted by Gasteiger charge is -2.17. The molecule has 1 unspecified atom stereocenters. The molecule has 0 spiro atoms. The highest BCUT2D eigenvalue weighted by atomic mass is 32.1. The fourth-order valence-electron chi connectivity index (χ4n) is 1.95. The number of anilines is 1. The van der Waals surface area contributed by atoms with Crippen LogP contribution in [0.4, 0.5) is 15.1 Å². The highest BCUT2D eigenvalue weighted by Gasteiger charge is 2.24. The molecular formula is C14H15FN2O3S. The van der Waals surface area contributed by atoms with Gasteiger partial charge in [0.05, 0.1) is 11.0 Å². The number of rotatable bonds is 5. The summed E-state index contributed by atoms with van der Waals surface area (Å²) in [6.45, 7) is 1.77. The third-order valence-electron chi connectivity index (χ3n) is 3.03. The highest BCUT2D eigenvalue weighted by Crippen LogP contribution is 2.40. The molecule has 0 aliphatic carbocycles. The third kappa shape index (κ3) is 3.37. The van der Waals surface area contributed by atoms with Gasteiger partial charge in [-0.1, -0.05) is 18.2 Å². The number of aliphatic hydroxyl groups excluding tert-OH is 1. The van der Waals surface area contributed by atoms with Crippen molar-refractivity contribution in [2.75, 3.05) is 11.9 Å². The molecule has 21 heavy (non-hydrogen) atoms. The largest absolute Gasteiger partial charge is 0.388 e. The van der Waals surface area contributed by atoms with Crippen molar-refractivity contribution in [3.63, 3.8) is 0 Å². The smallest absolute Gasteiger partial charge is 0.304 e. The zero-order valence-corrected chi connectivity index (χ0v) is 12.4. The van der Waals surface area contributed by atoms with Gasteiger partial charge in [0, 0.05) is 30.1 Å². The highest BCUT2D eigenvalue weighted by molar-refractivity contribution is 7.16. The minimum Gasteiger partial charge on any atom is -0.388 e. The van der Waals surface area contributed by atoms with Crippen molar-refractivity contribution < 1.29 is 14.4 Å². The van der Waals surface area contributed by atoms with Crippen molar-refractivity contribution in [1.29, 1.82) is 0 Å². The van der Waals surface area contributed by atoms with Gasteiger partial charge in [-0.3, -0.25) is 10.1 Å². The summed E-state index contributed by atoms with van der Waals surface area (Å²) in [7, 11) is 1.66. The van der Waals surface area contributed by atoms with Gasteiger partial charge < -0.3 is 10.0 Å². The maximum Gasteiger partial charge on any atom is 0.304 e. The van der Waals surface area contributed by atoms with Gasteiger partial charge in [0.25, 0.3) is 0 Å². The summed E-state index contributed by atoms with van der Waals surface area (Å²) < 4.78 is 13.7. The number of halogens is 1. The van der Waals surface area contributed by atoms with Gasteiger partial charge in [-0.25, -0.2) is 4.39 Å². The first-order valence-electron chi connectivity index (χ1n) is 6.31. The van der Waals surface area contributed by atoms with Crippen molar-refractivity contribution in [3.8, 4) is 0 Å². The summed E-state index contributed by atoms with van der Waals surface area (Å²) in [6.07, 6.45) is -0.774. The summed E-state index contributed by atoms with van der Waals surface area (Å²) >= 11 is 1.14. The van der Waals surface area contributed by atoms with Crippen molar-refractivity contribution in [1.82, 2.24) is 0 Å². The van der Waals surface area contributed by atoms with E-state index in [0.717, 1.165) is 11.3 Å². The van der Waals surface area contributed by atoms with Gasteiger partial charge in [0.15, 0.2) is 5.00 Å². The quantitative estimate of drug-likeness (QED) is 0.678. The van der Waals surface area contributed by atoms with E-state index in [9.17, 15) is 19.6 Å². The molecule has 1 heterocycles. The van der Waals surface area contributed by atoms with E-state index in [-0.39, 0.29) is 18.0 Å². The average Bonchev–Trinajstić information content (AvgIpc) is 2.87. The summed E-state index contributed by atoms with van der Waals surface area (Å²) in [6, 6.07) is 7.67. The van der Waals surface area contributed by atoms with Gasteiger partial charge in [0.2, 0.25) is 0 Å². The Balaban J connectivity index is 2.32. The number of hydrogen-bond donors (Lipinski definition) is 1. The van der Waals surface area contributed by atoms with E-state index in [1.165, 1.54) is 12.1 Å². The van der Waals surface area contributed by atoms with E-state index in [1.807, 2.05) is 0 Å². The number of nitrogens with zero attached hydrogens (tertiary/aromatic N) is 2.